The van der Waals surface area contributed by atoms with E-state index in [2.05, 4.69) is 11.2 Å². The van der Waals surface area contributed by atoms with Crippen LogP contribution >= 0.6 is 0 Å². The normalized spacial score (nSPS) is 30.7. The maximum Gasteiger partial charge on any atom is 0.408 e. The van der Waals surface area contributed by atoms with Gasteiger partial charge in [-0.2, -0.15) is 0 Å². The number of hydrogen-bond donors (Lipinski definition) is 2. The summed E-state index contributed by atoms with van der Waals surface area (Å²) in [5.41, 5.74) is -1.21. The SMILES string of the molecule is C#C[C@](C)(O)[C@H](NC(=O)OCc1ccccc1)C12OCC(C)(CO1)CO2. The summed E-state index contributed by atoms with van der Waals surface area (Å²) >= 11 is 0. The molecule has 0 aromatic heterocycles. The van der Waals surface area contributed by atoms with E-state index in [0.717, 1.165) is 5.56 Å². The van der Waals surface area contributed by atoms with Crippen molar-refractivity contribution >= 4 is 6.09 Å². The van der Waals surface area contributed by atoms with Crippen molar-refractivity contribution in [3.63, 3.8) is 0 Å². The summed E-state index contributed by atoms with van der Waals surface area (Å²) in [6.45, 7) is 4.51. The quantitative estimate of drug-likeness (QED) is 0.771. The lowest BCUT2D eigenvalue weighted by molar-refractivity contribution is -0.479. The van der Waals surface area contributed by atoms with Crippen molar-refractivity contribution in [1.29, 1.82) is 0 Å². The Bertz CT molecular complexity index is 671. The van der Waals surface area contributed by atoms with E-state index in [1.165, 1.54) is 6.92 Å². The minimum absolute atomic E-state index is 0.0746. The van der Waals surface area contributed by atoms with Crippen molar-refractivity contribution < 1.29 is 28.8 Å². The first-order valence-electron chi connectivity index (χ1n) is 8.38. The Labute approximate surface area is 152 Å². The summed E-state index contributed by atoms with van der Waals surface area (Å²) in [4.78, 5) is 12.3. The molecule has 1 aromatic rings. The number of fused-ring (bicyclic) bond motifs is 3. The van der Waals surface area contributed by atoms with Crippen LogP contribution in [0.1, 0.15) is 19.4 Å². The highest BCUT2D eigenvalue weighted by molar-refractivity contribution is 5.68. The summed E-state index contributed by atoms with van der Waals surface area (Å²) in [7, 11) is 0. The van der Waals surface area contributed by atoms with Crippen molar-refractivity contribution in [1.82, 2.24) is 5.32 Å². The van der Waals surface area contributed by atoms with E-state index in [-0.39, 0.29) is 12.0 Å². The van der Waals surface area contributed by atoms with E-state index in [1.54, 1.807) is 0 Å². The molecule has 140 valence electrons. The van der Waals surface area contributed by atoms with Crippen molar-refractivity contribution in [2.75, 3.05) is 19.8 Å². The maximum atomic E-state index is 12.3. The number of benzene rings is 1. The Kier molecular flexibility index (Phi) is 4.95. The minimum Gasteiger partial charge on any atom is -0.445 e. The van der Waals surface area contributed by atoms with Gasteiger partial charge in [-0.1, -0.05) is 43.2 Å². The first-order chi connectivity index (χ1) is 12.3. The molecule has 0 unspecified atom stereocenters. The molecule has 4 rings (SSSR count). The number of terminal acetylenes is 1. The van der Waals surface area contributed by atoms with Crippen LogP contribution in [0.2, 0.25) is 0 Å². The van der Waals surface area contributed by atoms with Gasteiger partial charge in [-0.3, -0.25) is 0 Å². The summed E-state index contributed by atoms with van der Waals surface area (Å²) in [5.74, 6) is 0.596. The molecule has 7 heteroatoms. The van der Waals surface area contributed by atoms with Gasteiger partial charge in [-0.15, -0.1) is 6.42 Å². The third kappa shape index (κ3) is 3.69. The van der Waals surface area contributed by atoms with Crippen LogP contribution < -0.4 is 5.32 Å². The van der Waals surface area contributed by atoms with Crippen LogP contribution in [-0.4, -0.2) is 48.6 Å². The zero-order chi connectivity index (χ0) is 18.8. The van der Waals surface area contributed by atoms with E-state index in [1.807, 2.05) is 37.3 Å². The van der Waals surface area contributed by atoms with E-state index < -0.39 is 23.7 Å². The van der Waals surface area contributed by atoms with Crippen LogP contribution in [0.4, 0.5) is 4.79 Å². The molecule has 2 atom stereocenters. The van der Waals surface area contributed by atoms with E-state index in [4.69, 9.17) is 25.4 Å². The molecular formula is C19H23NO6. The average molecular weight is 361 g/mol. The standard InChI is InChI=1S/C19H23NO6/c1-4-18(3,22)15(19-24-11-17(2,12-25-19)13-26-19)20-16(21)23-10-14-8-6-5-7-9-14/h1,5-9,15,22H,10-13H2,2-3H3,(H,20,21)/t15-,17?,18-,19?/m0/s1. The molecule has 1 aromatic carbocycles. The molecule has 26 heavy (non-hydrogen) atoms. The van der Waals surface area contributed by atoms with Crippen LogP contribution in [0.15, 0.2) is 30.3 Å². The molecule has 2 bridgehead atoms. The van der Waals surface area contributed by atoms with Gasteiger partial charge in [0.05, 0.1) is 19.8 Å². The predicted octanol–water partition coefficient (Wildman–Crippen LogP) is 1.40. The lowest BCUT2D eigenvalue weighted by Crippen LogP contribution is -2.72. The number of hydrogen-bond acceptors (Lipinski definition) is 6. The zero-order valence-corrected chi connectivity index (χ0v) is 14.9. The number of alkyl carbamates (subject to hydrolysis) is 1. The number of rotatable bonds is 5. The third-order valence-electron chi connectivity index (χ3n) is 4.55. The molecular weight excluding hydrogens is 338 g/mol. The van der Waals surface area contributed by atoms with Gasteiger partial charge in [0.1, 0.15) is 6.61 Å². The number of carbonyl (C=O) groups excluding carboxylic acids is 1. The van der Waals surface area contributed by atoms with E-state index in [0.29, 0.717) is 19.8 Å². The third-order valence-corrected chi connectivity index (χ3v) is 4.55. The van der Waals surface area contributed by atoms with Gasteiger partial charge in [0.2, 0.25) is 0 Å². The fourth-order valence-electron chi connectivity index (χ4n) is 2.86. The first kappa shape index (κ1) is 18.7. The molecule has 3 aliphatic heterocycles. The molecule has 7 nitrogen and oxygen atoms in total. The topological polar surface area (TPSA) is 86.3 Å². The van der Waals surface area contributed by atoms with Gasteiger partial charge in [0.25, 0.3) is 0 Å². The highest BCUT2D eigenvalue weighted by atomic mass is 16.9. The highest BCUT2D eigenvalue weighted by Crippen LogP contribution is 2.42. The molecule has 3 aliphatic rings. The van der Waals surface area contributed by atoms with Crippen LogP contribution in [0, 0.1) is 17.8 Å². The fourth-order valence-corrected chi connectivity index (χ4v) is 2.86. The molecule has 0 saturated carbocycles. The Hall–Kier alpha value is -2.11. The van der Waals surface area contributed by atoms with Gasteiger partial charge in [-0.25, -0.2) is 4.79 Å². The Morgan fingerprint density at radius 2 is 1.92 bits per heavy atom. The fraction of sp³-hybridized carbons (Fsp3) is 0.526. The lowest BCUT2D eigenvalue weighted by Gasteiger charge is -2.54. The average Bonchev–Trinajstić information content (AvgIpc) is 2.66. The summed E-state index contributed by atoms with van der Waals surface area (Å²) in [5, 5.41) is 13.1. The van der Waals surface area contributed by atoms with Gasteiger partial charge in [0.15, 0.2) is 11.6 Å². The highest BCUT2D eigenvalue weighted by Gasteiger charge is 2.60. The summed E-state index contributed by atoms with van der Waals surface area (Å²) in [6.07, 6.45) is 4.68. The molecule has 0 radical (unpaired) electrons. The molecule has 1 amide bonds. The summed E-state index contributed by atoms with van der Waals surface area (Å²) < 4.78 is 22.3. The van der Waals surface area contributed by atoms with Gasteiger partial charge in [0, 0.05) is 5.41 Å². The van der Waals surface area contributed by atoms with Crippen molar-refractivity contribution in [2.24, 2.45) is 5.41 Å². The van der Waals surface area contributed by atoms with Crippen molar-refractivity contribution in [2.45, 2.75) is 38.1 Å². The molecule has 2 N–H and O–H groups in total. The largest absolute Gasteiger partial charge is 0.445 e. The predicted molar refractivity (Wildman–Crippen MR) is 91.7 cm³/mol. The smallest absolute Gasteiger partial charge is 0.408 e. The van der Waals surface area contributed by atoms with Crippen LogP contribution in [0.25, 0.3) is 0 Å². The second-order valence-corrected chi connectivity index (χ2v) is 7.21. The number of aliphatic hydroxyl groups is 1. The van der Waals surface area contributed by atoms with E-state index in [9.17, 15) is 9.90 Å². The number of nitrogens with one attached hydrogen (secondary N) is 1. The number of amides is 1. The number of carbonyl (C=O) groups is 1. The van der Waals surface area contributed by atoms with Gasteiger partial charge < -0.3 is 29.4 Å². The first-order valence-corrected chi connectivity index (χ1v) is 8.38. The van der Waals surface area contributed by atoms with Gasteiger partial charge >= 0.3 is 12.1 Å². The van der Waals surface area contributed by atoms with Crippen molar-refractivity contribution in [3.05, 3.63) is 35.9 Å². The maximum absolute atomic E-state index is 12.3. The summed E-state index contributed by atoms with van der Waals surface area (Å²) in [6, 6.07) is 8.05. The Morgan fingerprint density at radius 3 is 2.46 bits per heavy atom. The lowest BCUT2D eigenvalue weighted by atomic mass is 9.88. The van der Waals surface area contributed by atoms with Crippen LogP contribution in [0.3, 0.4) is 0 Å². The molecule has 3 fully saturated rings. The van der Waals surface area contributed by atoms with Crippen LogP contribution in [-0.2, 0) is 25.6 Å². The molecule has 0 aliphatic carbocycles. The Balaban J connectivity index is 1.71. The minimum atomic E-state index is -1.78. The van der Waals surface area contributed by atoms with E-state index >= 15 is 0 Å². The molecule has 3 saturated heterocycles. The Morgan fingerprint density at radius 1 is 1.35 bits per heavy atom. The zero-order valence-electron chi connectivity index (χ0n) is 14.9. The molecule has 0 spiro atoms. The molecule has 3 heterocycles. The second kappa shape index (κ2) is 6.89. The van der Waals surface area contributed by atoms with Crippen LogP contribution in [0.5, 0.6) is 0 Å². The van der Waals surface area contributed by atoms with Gasteiger partial charge in [-0.05, 0) is 12.5 Å². The number of ether oxygens (including phenoxy) is 4. The second-order valence-electron chi connectivity index (χ2n) is 7.21. The van der Waals surface area contributed by atoms with Crippen molar-refractivity contribution in [3.8, 4) is 12.3 Å². The monoisotopic (exact) mass is 361 g/mol.